The smallest absolute Gasteiger partial charge is 0.159 e. The minimum atomic E-state index is -0.885. The molecule has 20 heavy (non-hydrogen) atoms. The summed E-state index contributed by atoms with van der Waals surface area (Å²) in [7, 11) is 0. The van der Waals surface area contributed by atoms with Gasteiger partial charge in [-0.2, -0.15) is 0 Å². The summed E-state index contributed by atoms with van der Waals surface area (Å²) in [6.45, 7) is 2.16. The van der Waals surface area contributed by atoms with E-state index in [9.17, 15) is 19.0 Å². The Balaban J connectivity index is 2.04. The van der Waals surface area contributed by atoms with Crippen molar-refractivity contribution in [2.24, 2.45) is 0 Å². The summed E-state index contributed by atoms with van der Waals surface area (Å²) in [5.41, 5.74) is 1.22. The molecule has 1 atom stereocenters. The Bertz CT molecular complexity index is 617. The molecule has 3 nitrogen and oxygen atoms in total. The van der Waals surface area contributed by atoms with Crippen LogP contribution in [0.15, 0.2) is 36.4 Å². The first-order valence-corrected chi connectivity index (χ1v) is 6.16. The number of phenols is 2. The maximum absolute atomic E-state index is 13.1. The fourth-order valence-corrected chi connectivity index (χ4v) is 1.93. The second-order valence-corrected chi connectivity index (χ2v) is 4.59. The van der Waals surface area contributed by atoms with E-state index < -0.39 is 11.6 Å². The van der Waals surface area contributed by atoms with Gasteiger partial charge in [-0.05, 0) is 30.7 Å². The third-order valence-electron chi connectivity index (χ3n) is 3.08. The molecule has 0 amide bonds. The first-order chi connectivity index (χ1) is 9.47. The molecular weight excluding hydrogens is 264 g/mol. The van der Waals surface area contributed by atoms with Gasteiger partial charge in [0.2, 0.25) is 0 Å². The van der Waals surface area contributed by atoms with Gasteiger partial charge in [-0.25, -0.2) is 8.78 Å². The van der Waals surface area contributed by atoms with Crippen LogP contribution in [-0.4, -0.2) is 10.2 Å². The van der Waals surface area contributed by atoms with E-state index in [0.29, 0.717) is 17.7 Å². The summed E-state index contributed by atoms with van der Waals surface area (Å²) in [6.07, 6.45) is 0. The number of halogens is 2. The van der Waals surface area contributed by atoms with E-state index in [-0.39, 0.29) is 17.5 Å². The molecule has 0 saturated heterocycles. The number of hydrogen-bond acceptors (Lipinski definition) is 3. The third-order valence-corrected chi connectivity index (χ3v) is 3.08. The molecule has 0 aliphatic rings. The zero-order chi connectivity index (χ0) is 14.7. The lowest BCUT2D eigenvalue weighted by Gasteiger charge is -2.16. The van der Waals surface area contributed by atoms with Crippen molar-refractivity contribution in [3.05, 3.63) is 59.2 Å². The molecule has 5 heteroatoms. The number of rotatable bonds is 4. The molecule has 1 unspecified atom stereocenters. The molecule has 0 bridgehead atoms. The van der Waals surface area contributed by atoms with Crippen LogP contribution >= 0.6 is 0 Å². The van der Waals surface area contributed by atoms with Crippen molar-refractivity contribution >= 4 is 0 Å². The molecule has 0 aliphatic heterocycles. The fourth-order valence-electron chi connectivity index (χ4n) is 1.93. The predicted octanol–water partition coefficient (Wildman–Crippen LogP) is 3.23. The maximum atomic E-state index is 13.1. The van der Waals surface area contributed by atoms with Gasteiger partial charge in [0.15, 0.2) is 11.6 Å². The van der Waals surface area contributed by atoms with Gasteiger partial charge in [-0.3, -0.25) is 0 Å². The van der Waals surface area contributed by atoms with Crippen molar-refractivity contribution in [3.8, 4) is 11.5 Å². The van der Waals surface area contributed by atoms with Crippen LogP contribution in [0, 0.1) is 11.6 Å². The number of phenolic OH excluding ortho intramolecular Hbond substituents is 2. The van der Waals surface area contributed by atoms with Gasteiger partial charge in [-0.1, -0.05) is 12.1 Å². The molecule has 0 heterocycles. The molecule has 0 saturated carbocycles. The molecule has 0 aliphatic carbocycles. The van der Waals surface area contributed by atoms with Crippen molar-refractivity contribution in [2.75, 3.05) is 0 Å². The van der Waals surface area contributed by atoms with Crippen molar-refractivity contribution in [1.82, 2.24) is 5.32 Å². The Kier molecular flexibility index (Phi) is 4.20. The van der Waals surface area contributed by atoms with Crippen molar-refractivity contribution < 1.29 is 19.0 Å². The van der Waals surface area contributed by atoms with Crippen molar-refractivity contribution in [3.63, 3.8) is 0 Å². The second kappa shape index (κ2) is 5.88. The van der Waals surface area contributed by atoms with E-state index >= 15 is 0 Å². The van der Waals surface area contributed by atoms with Crippen molar-refractivity contribution in [2.45, 2.75) is 19.5 Å². The monoisotopic (exact) mass is 279 g/mol. The second-order valence-electron chi connectivity index (χ2n) is 4.59. The van der Waals surface area contributed by atoms with Crippen LogP contribution in [0.1, 0.15) is 24.1 Å². The number of aromatic hydroxyl groups is 2. The number of benzene rings is 2. The fraction of sp³-hybridized carbons (Fsp3) is 0.200. The Morgan fingerprint density at radius 3 is 2.45 bits per heavy atom. The van der Waals surface area contributed by atoms with Gasteiger partial charge in [0.25, 0.3) is 0 Å². The first-order valence-electron chi connectivity index (χ1n) is 6.16. The van der Waals surface area contributed by atoms with E-state index in [1.807, 2.05) is 6.92 Å². The van der Waals surface area contributed by atoms with E-state index in [0.717, 1.165) is 12.1 Å². The average molecular weight is 279 g/mol. The van der Waals surface area contributed by atoms with Gasteiger partial charge in [0.05, 0.1) is 0 Å². The van der Waals surface area contributed by atoms with Gasteiger partial charge in [-0.15, -0.1) is 0 Å². The maximum Gasteiger partial charge on any atom is 0.159 e. The Labute approximate surface area is 115 Å². The molecule has 106 valence electrons. The van der Waals surface area contributed by atoms with Crippen LogP contribution in [0.3, 0.4) is 0 Å². The number of hydrogen-bond donors (Lipinski definition) is 3. The van der Waals surface area contributed by atoms with E-state index in [1.165, 1.54) is 18.2 Å². The number of nitrogens with one attached hydrogen (secondary N) is 1. The zero-order valence-electron chi connectivity index (χ0n) is 10.9. The summed E-state index contributed by atoms with van der Waals surface area (Å²) in [6, 6.07) is 7.84. The van der Waals surface area contributed by atoms with Crippen LogP contribution in [0.4, 0.5) is 8.78 Å². The highest BCUT2D eigenvalue weighted by Gasteiger charge is 2.11. The molecule has 3 N–H and O–H groups in total. The zero-order valence-corrected chi connectivity index (χ0v) is 10.9. The first kappa shape index (κ1) is 14.3. The van der Waals surface area contributed by atoms with Crippen LogP contribution in [0.2, 0.25) is 0 Å². The standard InChI is InChI=1S/C15H15F2NO2/c1-9(12-4-3-11(19)7-15(12)20)18-8-10-2-5-13(16)14(17)6-10/h2-7,9,18-20H,8H2,1H3. The largest absolute Gasteiger partial charge is 0.508 e. The molecule has 2 rings (SSSR count). The molecule has 0 aromatic heterocycles. The average Bonchev–Trinajstić information content (AvgIpc) is 2.40. The van der Waals surface area contributed by atoms with Gasteiger partial charge in [0, 0.05) is 24.2 Å². The van der Waals surface area contributed by atoms with Crippen LogP contribution in [-0.2, 0) is 6.54 Å². The summed E-state index contributed by atoms with van der Waals surface area (Å²) in [5.74, 6) is -1.79. The van der Waals surface area contributed by atoms with E-state index in [4.69, 9.17) is 0 Å². The molecule has 0 spiro atoms. The highest BCUT2D eigenvalue weighted by Crippen LogP contribution is 2.27. The van der Waals surface area contributed by atoms with Crippen molar-refractivity contribution in [1.29, 1.82) is 0 Å². The molecular formula is C15H15F2NO2. The van der Waals surface area contributed by atoms with Gasteiger partial charge in [0.1, 0.15) is 11.5 Å². The summed E-state index contributed by atoms with van der Waals surface area (Å²) in [4.78, 5) is 0. The van der Waals surface area contributed by atoms with Gasteiger partial charge < -0.3 is 15.5 Å². The third kappa shape index (κ3) is 3.24. The summed E-state index contributed by atoms with van der Waals surface area (Å²) < 4.78 is 25.9. The lowest BCUT2D eigenvalue weighted by Crippen LogP contribution is -2.18. The Hall–Kier alpha value is -2.14. The van der Waals surface area contributed by atoms with Gasteiger partial charge >= 0.3 is 0 Å². The quantitative estimate of drug-likeness (QED) is 0.805. The van der Waals surface area contributed by atoms with Crippen LogP contribution in [0.5, 0.6) is 11.5 Å². The predicted molar refractivity (Wildman–Crippen MR) is 71.4 cm³/mol. The Morgan fingerprint density at radius 2 is 1.80 bits per heavy atom. The lowest BCUT2D eigenvalue weighted by molar-refractivity contribution is 0.435. The topological polar surface area (TPSA) is 52.5 Å². The SMILES string of the molecule is CC(NCc1ccc(F)c(F)c1)c1ccc(O)cc1O. The lowest BCUT2D eigenvalue weighted by atomic mass is 10.1. The normalized spacial score (nSPS) is 12.3. The minimum absolute atomic E-state index is 0.0148. The minimum Gasteiger partial charge on any atom is -0.508 e. The van der Waals surface area contributed by atoms with E-state index in [2.05, 4.69) is 5.32 Å². The van der Waals surface area contributed by atoms with E-state index in [1.54, 1.807) is 6.07 Å². The Morgan fingerprint density at radius 1 is 1.05 bits per heavy atom. The van der Waals surface area contributed by atoms with Crippen LogP contribution < -0.4 is 5.32 Å². The molecule has 0 fully saturated rings. The summed E-state index contributed by atoms with van der Waals surface area (Å²) in [5, 5.41) is 22.0. The van der Waals surface area contributed by atoms with Crippen LogP contribution in [0.25, 0.3) is 0 Å². The molecule has 2 aromatic carbocycles. The molecule has 0 radical (unpaired) electrons. The summed E-state index contributed by atoms with van der Waals surface area (Å²) >= 11 is 0. The highest BCUT2D eigenvalue weighted by molar-refractivity contribution is 5.40. The molecule has 2 aromatic rings. The highest BCUT2D eigenvalue weighted by atomic mass is 19.2.